The number of halogens is 1. The van der Waals surface area contributed by atoms with Gasteiger partial charge in [0.15, 0.2) is 0 Å². The zero-order valence-electron chi connectivity index (χ0n) is 17.5. The Kier molecular flexibility index (Phi) is 8.22. The van der Waals surface area contributed by atoms with Crippen LogP contribution in [-0.4, -0.2) is 41.8 Å². The molecule has 2 atom stereocenters. The topological polar surface area (TPSA) is 154 Å². The third kappa shape index (κ3) is 6.76. The second kappa shape index (κ2) is 10.8. The summed E-state index contributed by atoms with van der Waals surface area (Å²) in [5.41, 5.74) is 6.09. The van der Waals surface area contributed by atoms with E-state index in [-0.39, 0.29) is 24.3 Å². The van der Waals surface area contributed by atoms with Crippen LogP contribution in [0.15, 0.2) is 42.5 Å². The fourth-order valence-corrected chi connectivity index (χ4v) is 3.06. The van der Waals surface area contributed by atoms with E-state index in [0.717, 1.165) is 0 Å². The molecule has 0 saturated heterocycles. The molecule has 2 aromatic carbocycles. The van der Waals surface area contributed by atoms with Gasteiger partial charge in [-0.25, -0.2) is 4.39 Å². The smallest absolute Gasteiger partial charge is 0.269 e. The van der Waals surface area contributed by atoms with Gasteiger partial charge in [0.05, 0.1) is 12.0 Å². The lowest BCUT2D eigenvalue weighted by molar-refractivity contribution is -0.384. The van der Waals surface area contributed by atoms with Crippen LogP contribution < -0.4 is 21.1 Å². The van der Waals surface area contributed by atoms with Gasteiger partial charge < -0.3 is 21.1 Å². The Morgan fingerprint density at radius 2 is 1.75 bits per heavy atom. The number of non-ortho nitro benzene ring substituents is 1. The number of nitro benzene ring substituents is 1. The van der Waals surface area contributed by atoms with Crippen LogP contribution in [0.4, 0.5) is 10.1 Å². The highest BCUT2D eigenvalue weighted by Gasteiger charge is 2.27. The molecule has 10 nitrogen and oxygen atoms in total. The summed E-state index contributed by atoms with van der Waals surface area (Å²) in [6.45, 7) is 1.23. The Bertz CT molecular complexity index is 1010. The van der Waals surface area contributed by atoms with Gasteiger partial charge >= 0.3 is 0 Å². The lowest BCUT2D eigenvalue weighted by Gasteiger charge is -2.22. The zero-order valence-corrected chi connectivity index (χ0v) is 17.5. The number of carbonyl (C=O) groups is 3. The van der Waals surface area contributed by atoms with Crippen LogP contribution in [0.1, 0.15) is 18.1 Å². The van der Waals surface area contributed by atoms with Crippen LogP contribution in [0.25, 0.3) is 0 Å². The molecule has 11 heteroatoms. The molecule has 0 aliphatic rings. The van der Waals surface area contributed by atoms with E-state index in [1.807, 2.05) is 0 Å². The van der Waals surface area contributed by atoms with Gasteiger partial charge in [0.25, 0.3) is 5.69 Å². The molecule has 3 amide bonds. The minimum absolute atomic E-state index is 0.0390. The van der Waals surface area contributed by atoms with Gasteiger partial charge in [-0.2, -0.15) is 0 Å². The summed E-state index contributed by atoms with van der Waals surface area (Å²) >= 11 is 0. The van der Waals surface area contributed by atoms with E-state index in [0.29, 0.717) is 11.1 Å². The maximum atomic E-state index is 13.1. The summed E-state index contributed by atoms with van der Waals surface area (Å²) in [5, 5.41) is 16.0. The van der Waals surface area contributed by atoms with E-state index >= 15 is 0 Å². The number of nitro groups is 1. The van der Waals surface area contributed by atoms with Crippen LogP contribution >= 0.6 is 0 Å². The van der Waals surface area contributed by atoms with Gasteiger partial charge in [-0.15, -0.1) is 0 Å². The number of ether oxygens (including phenoxy) is 1. The highest BCUT2D eigenvalue weighted by molar-refractivity contribution is 5.91. The number of rotatable bonds is 10. The number of amides is 3. The van der Waals surface area contributed by atoms with Gasteiger partial charge in [0.1, 0.15) is 23.7 Å². The number of primary amides is 1. The van der Waals surface area contributed by atoms with Crippen LogP contribution in [0.3, 0.4) is 0 Å². The number of hydrogen-bond donors (Lipinski definition) is 3. The number of methoxy groups -OCH3 is 1. The molecule has 2 aromatic rings. The van der Waals surface area contributed by atoms with Crippen molar-refractivity contribution in [1.82, 2.24) is 10.6 Å². The summed E-state index contributed by atoms with van der Waals surface area (Å²) in [5.74, 6) is -2.23. The van der Waals surface area contributed by atoms with E-state index in [1.54, 1.807) is 0 Å². The molecule has 0 saturated carbocycles. The van der Waals surface area contributed by atoms with Crippen molar-refractivity contribution in [1.29, 1.82) is 0 Å². The standard InChI is InChI=1S/C21H23FN4O6/c1-12(27)24-18(9-13-3-5-15(22)6-4-13)21(29)25-17(20(23)28)11-14-10-16(26(30)31)7-8-19(14)32-2/h3-8,10,17-18H,9,11H2,1-2H3,(H2,23,28)(H,24,27)(H,25,29)/t17-,18+/m1/s1. The predicted octanol–water partition coefficient (Wildman–Crippen LogP) is 1.00. The molecule has 2 rings (SSSR count). The van der Waals surface area contributed by atoms with E-state index < -0.39 is 40.5 Å². The van der Waals surface area contributed by atoms with Crippen LogP contribution in [0.5, 0.6) is 5.75 Å². The number of hydrogen-bond acceptors (Lipinski definition) is 6. The second-order valence-electron chi connectivity index (χ2n) is 7.00. The van der Waals surface area contributed by atoms with Gasteiger partial charge in [-0.1, -0.05) is 12.1 Å². The van der Waals surface area contributed by atoms with E-state index in [1.165, 1.54) is 56.5 Å². The Balaban J connectivity index is 2.24. The molecule has 0 fully saturated rings. The van der Waals surface area contributed by atoms with Crippen molar-refractivity contribution in [2.24, 2.45) is 5.73 Å². The molecule has 0 aliphatic carbocycles. The van der Waals surface area contributed by atoms with Crippen LogP contribution in [0, 0.1) is 15.9 Å². The first kappa shape index (κ1) is 24.3. The molecule has 32 heavy (non-hydrogen) atoms. The predicted molar refractivity (Wildman–Crippen MR) is 112 cm³/mol. The number of nitrogens with two attached hydrogens (primary N) is 1. The van der Waals surface area contributed by atoms with E-state index in [2.05, 4.69) is 10.6 Å². The molecule has 0 unspecified atom stereocenters. The van der Waals surface area contributed by atoms with Crippen molar-refractivity contribution in [2.45, 2.75) is 31.8 Å². The van der Waals surface area contributed by atoms with Crippen LogP contribution in [-0.2, 0) is 27.2 Å². The SMILES string of the molecule is COc1ccc([N+](=O)[O-])cc1C[C@@H](NC(=O)[C@H](Cc1ccc(F)cc1)NC(C)=O)C(N)=O. The third-order valence-electron chi connectivity index (χ3n) is 4.61. The summed E-state index contributed by atoms with van der Waals surface area (Å²) in [6, 6.07) is 6.93. The average Bonchev–Trinajstić information content (AvgIpc) is 2.73. The van der Waals surface area contributed by atoms with E-state index in [4.69, 9.17) is 10.5 Å². The normalized spacial score (nSPS) is 12.3. The highest BCUT2D eigenvalue weighted by atomic mass is 19.1. The summed E-state index contributed by atoms with van der Waals surface area (Å²) < 4.78 is 18.3. The maximum absolute atomic E-state index is 13.1. The van der Waals surface area contributed by atoms with Gasteiger partial charge in [-0.05, 0) is 23.8 Å². The highest BCUT2D eigenvalue weighted by Crippen LogP contribution is 2.25. The zero-order chi connectivity index (χ0) is 23.8. The first-order valence-electron chi connectivity index (χ1n) is 9.53. The van der Waals surface area contributed by atoms with Crippen molar-refractivity contribution in [3.05, 3.63) is 69.5 Å². The molecular formula is C21H23FN4O6. The molecule has 0 aromatic heterocycles. The average molecular weight is 446 g/mol. The minimum atomic E-state index is -1.23. The monoisotopic (exact) mass is 446 g/mol. The van der Waals surface area contributed by atoms with Crippen molar-refractivity contribution in [3.8, 4) is 5.75 Å². The van der Waals surface area contributed by atoms with Gasteiger partial charge in [0, 0.05) is 37.5 Å². The number of benzene rings is 2. The first-order chi connectivity index (χ1) is 15.1. The Morgan fingerprint density at radius 3 is 2.28 bits per heavy atom. The van der Waals surface area contributed by atoms with Crippen molar-refractivity contribution < 1.29 is 28.4 Å². The second-order valence-corrected chi connectivity index (χ2v) is 7.00. The quantitative estimate of drug-likeness (QED) is 0.365. The fourth-order valence-electron chi connectivity index (χ4n) is 3.06. The summed E-state index contributed by atoms with van der Waals surface area (Å²) in [6.07, 6.45) is -0.132. The van der Waals surface area contributed by atoms with Gasteiger partial charge in [0.2, 0.25) is 17.7 Å². The molecule has 0 aliphatic heterocycles. The van der Waals surface area contributed by atoms with Gasteiger partial charge in [-0.3, -0.25) is 24.5 Å². The Hall–Kier alpha value is -4.02. The fraction of sp³-hybridized carbons (Fsp3) is 0.286. The molecule has 0 bridgehead atoms. The third-order valence-corrected chi connectivity index (χ3v) is 4.61. The van der Waals surface area contributed by atoms with Crippen molar-refractivity contribution in [2.75, 3.05) is 7.11 Å². The Morgan fingerprint density at radius 1 is 1.09 bits per heavy atom. The maximum Gasteiger partial charge on any atom is 0.269 e. The molecule has 0 heterocycles. The first-order valence-corrected chi connectivity index (χ1v) is 9.53. The number of nitrogens with one attached hydrogen (secondary N) is 2. The molecule has 0 radical (unpaired) electrons. The van der Waals surface area contributed by atoms with Crippen molar-refractivity contribution in [3.63, 3.8) is 0 Å². The molecule has 4 N–H and O–H groups in total. The minimum Gasteiger partial charge on any atom is -0.496 e. The number of nitrogens with zero attached hydrogens (tertiary/aromatic N) is 1. The Labute approximate surface area is 183 Å². The van der Waals surface area contributed by atoms with E-state index in [9.17, 15) is 28.9 Å². The summed E-state index contributed by atoms with van der Waals surface area (Å²) in [7, 11) is 1.36. The lowest BCUT2D eigenvalue weighted by atomic mass is 10.0. The molecular weight excluding hydrogens is 423 g/mol. The molecule has 170 valence electrons. The number of carbonyl (C=O) groups excluding carboxylic acids is 3. The molecule has 0 spiro atoms. The van der Waals surface area contributed by atoms with Crippen molar-refractivity contribution >= 4 is 23.4 Å². The van der Waals surface area contributed by atoms with Crippen LogP contribution in [0.2, 0.25) is 0 Å². The largest absolute Gasteiger partial charge is 0.496 e. The lowest BCUT2D eigenvalue weighted by Crippen LogP contribution is -2.54. The summed E-state index contributed by atoms with van der Waals surface area (Å²) in [4.78, 5) is 46.9.